The van der Waals surface area contributed by atoms with E-state index in [2.05, 4.69) is 42.6 Å². The van der Waals surface area contributed by atoms with Gasteiger partial charge in [-0.2, -0.15) is 0 Å². The summed E-state index contributed by atoms with van der Waals surface area (Å²) in [5.41, 5.74) is 2.51. The Morgan fingerprint density at radius 2 is 1.68 bits per heavy atom. The summed E-state index contributed by atoms with van der Waals surface area (Å²) < 4.78 is 5.92. The highest BCUT2D eigenvalue weighted by atomic mass is 16.5. The third kappa shape index (κ3) is 3.83. The molecule has 0 aromatic heterocycles. The molecule has 2 nitrogen and oxygen atoms in total. The Morgan fingerprint density at radius 1 is 1.00 bits per heavy atom. The molecule has 0 saturated heterocycles. The number of nitrogens with one attached hydrogen (secondary N) is 1. The van der Waals surface area contributed by atoms with Gasteiger partial charge < -0.3 is 10.1 Å². The normalized spacial score (nSPS) is 12.1. The maximum Gasteiger partial charge on any atom is 0.124 e. The van der Waals surface area contributed by atoms with Crippen molar-refractivity contribution in [2.75, 3.05) is 13.7 Å². The molecule has 0 heterocycles. The Kier molecular flexibility index (Phi) is 4.99. The third-order valence-electron chi connectivity index (χ3n) is 3.31. The fourth-order valence-corrected chi connectivity index (χ4v) is 2.05. The van der Waals surface area contributed by atoms with Crippen LogP contribution < -0.4 is 10.1 Å². The maximum atomic E-state index is 5.92. The fraction of sp³-hybridized carbons (Fsp3) is 0.294. The summed E-state index contributed by atoms with van der Waals surface area (Å²) in [6, 6.07) is 18.9. The lowest BCUT2D eigenvalue weighted by molar-refractivity contribution is 0.316. The van der Waals surface area contributed by atoms with Crippen LogP contribution in [-0.2, 0) is 6.42 Å². The first-order valence-electron chi connectivity index (χ1n) is 6.74. The van der Waals surface area contributed by atoms with E-state index in [4.69, 9.17) is 4.74 Å². The van der Waals surface area contributed by atoms with Crippen LogP contribution in [0.4, 0.5) is 0 Å². The van der Waals surface area contributed by atoms with Crippen molar-refractivity contribution in [3.8, 4) is 5.75 Å². The fourth-order valence-electron chi connectivity index (χ4n) is 2.05. The van der Waals surface area contributed by atoms with Gasteiger partial charge in [-0.05, 0) is 25.6 Å². The number of ether oxygens (including phenoxy) is 1. The van der Waals surface area contributed by atoms with Crippen molar-refractivity contribution in [2.45, 2.75) is 19.4 Å². The molecule has 19 heavy (non-hydrogen) atoms. The molecule has 0 aliphatic rings. The zero-order chi connectivity index (χ0) is 13.5. The van der Waals surface area contributed by atoms with Gasteiger partial charge in [-0.25, -0.2) is 0 Å². The van der Waals surface area contributed by atoms with Gasteiger partial charge in [-0.3, -0.25) is 0 Å². The molecule has 0 radical (unpaired) electrons. The van der Waals surface area contributed by atoms with Crippen LogP contribution >= 0.6 is 0 Å². The van der Waals surface area contributed by atoms with Crippen molar-refractivity contribution in [1.29, 1.82) is 0 Å². The van der Waals surface area contributed by atoms with Crippen molar-refractivity contribution < 1.29 is 4.74 Å². The summed E-state index contributed by atoms with van der Waals surface area (Å²) in [5.74, 6) is 0.972. The van der Waals surface area contributed by atoms with E-state index in [-0.39, 0.29) is 0 Å². The van der Waals surface area contributed by atoms with Gasteiger partial charge >= 0.3 is 0 Å². The first kappa shape index (κ1) is 13.6. The molecule has 0 spiro atoms. The number of rotatable bonds is 6. The lowest BCUT2D eigenvalue weighted by Crippen LogP contribution is -2.14. The second kappa shape index (κ2) is 6.95. The molecular formula is C17H21NO. The zero-order valence-electron chi connectivity index (χ0n) is 11.6. The second-order valence-electron chi connectivity index (χ2n) is 4.63. The van der Waals surface area contributed by atoms with Gasteiger partial charge in [0.25, 0.3) is 0 Å². The number of para-hydroxylation sites is 1. The highest BCUT2D eigenvalue weighted by molar-refractivity contribution is 5.35. The molecule has 1 N–H and O–H groups in total. The van der Waals surface area contributed by atoms with Gasteiger partial charge in [0.1, 0.15) is 5.75 Å². The molecular weight excluding hydrogens is 234 g/mol. The molecule has 2 aromatic carbocycles. The van der Waals surface area contributed by atoms with E-state index in [9.17, 15) is 0 Å². The lowest BCUT2D eigenvalue weighted by Gasteiger charge is -2.16. The molecule has 0 fully saturated rings. The second-order valence-corrected chi connectivity index (χ2v) is 4.63. The highest BCUT2D eigenvalue weighted by Crippen LogP contribution is 2.24. The highest BCUT2D eigenvalue weighted by Gasteiger charge is 2.08. The van der Waals surface area contributed by atoms with Gasteiger partial charge in [-0.15, -0.1) is 0 Å². The van der Waals surface area contributed by atoms with E-state index >= 15 is 0 Å². The SMILES string of the molecule is CNC(C)c1ccccc1OCCc1ccccc1. The van der Waals surface area contributed by atoms with Gasteiger partial charge in [0.15, 0.2) is 0 Å². The molecule has 1 atom stereocenters. The maximum absolute atomic E-state index is 5.92. The van der Waals surface area contributed by atoms with Gasteiger partial charge in [0, 0.05) is 18.0 Å². The Hall–Kier alpha value is -1.80. The topological polar surface area (TPSA) is 21.3 Å². The van der Waals surface area contributed by atoms with E-state index in [0.717, 1.165) is 12.2 Å². The standard InChI is InChI=1S/C17H21NO/c1-14(18-2)16-10-6-7-11-17(16)19-13-12-15-8-4-3-5-9-15/h3-11,14,18H,12-13H2,1-2H3. The molecule has 0 saturated carbocycles. The van der Waals surface area contributed by atoms with Gasteiger partial charge in [-0.1, -0.05) is 48.5 Å². The third-order valence-corrected chi connectivity index (χ3v) is 3.31. The van der Waals surface area contributed by atoms with Crippen LogP contribution in [0.5, 0.6) is 5.75 Å². The van der Waals surface area contributed by atoms with Crippen LogP contribution in [0.1, 0.15) is 24.1 Å². The molecule has 2 heteroatoms. The van der Waals surface area contributed by atoms with Crippen LogP contribution in [0.15, 0.2) is 54.6 Å². The minimum atomic E-state index is 0.299. The van der Waals surface area contributed by atoms with Crippen molar-refractivity contribution >= 4 is 0 Å². The van der Waals surface area contributed by atoms with Crippen molar-refractivity contribution in [3.63, 3.8) is 0 Å². The largest absolute Gasteiger partial charge is 0.493 e. The quantitative estimate of drug-likeness (QED) is 0.851. The first-order valence-corrected chi connectivity index (χ1v) is 6.74. The van der Waals surface area contributed by atoms with Gasteiger partial charge in [0.2, 0.25) is 0 Å². The number of hydrogen-bond acceptors (Lipinski definition) is 2. The summed E-state index contributed by atoms with van der Waals surface area (Å²) in [6.07, 6.45) is 0.934. The number of hydrogen-bond donors (Lipinski definition) is 1. The predicted molar refractivity (Wildman–Crippen MR) is 79.6 cm³/mol. The Bertz CT molecular complexity index is 496. The smallest absolute Gasteiger partial charge is 0.124 e. The molecule has 2 aromatic rings. The van der Waals surface area contributed by atoms with Gasteiger partial charge in [0.05, 0.1) is 6.61 Å². The monoisotopic (exact) mass is 255 g/mol. The summed E-state index contributed by atoms with van der Waals surface area (Å²) in [4.78, 5) is 0. The van der Waals surface area contributed by atoms with Crippen molar-refractivity contribution in [3.05, 3.63) is 65.7 Å². The molecule has 0 aliphatic carbocycles. The first-order chi connectivity index (χ1) is 9.31. The molecule has 0 aliphatic heterocycles. The van der Waals surface area contributed by atoms with Crippen LogP contribution in [0.3, 0.4) is 0 Å². The van der Waals surface area contributed by atoms with E-state index in [1.807, 2.05) is 31.3 Å². The summed E-state index contributed by atoms with van der Waals surface area (Å²) in [6.45, 7) is 2.84. The summed E-state index contributed by atoms with van der Waals surface area (Å²) in [7, 11) is 1.96. The van der Waals surface area contributed by atoms with E-state index in [1.54, 1.807) is 0 Å². The summed E-state index contributed by atoms with van der Waals surface area (Å²) in [5, 5.41) is 3.25. The molecule has 2 rings (SSSR count). The van der Waals surface area contributed by atoms with Crippen LogP contribution in [0, 0.1) is 0 Å². The average Bonchev–Trinajstić information content (AvgIpc) is 2.48. The minimum Gasteiger partial charge on any atom is -0.493 e. The van der Waals surface area contributed by atoms with Crippen LogP contribution in [-0.4, -0.2) is 13.7 Å². The average molecular weight is 255 g/mol. The molecule has 0 amide bonds. The molecule has 1 unspecified atom stereocenters. The van der Waals surface area contributed by atoms with E-state index < -0.39 is 0 Å². The van der Waals surface area contributed by atoms with Crippen LogP contribution in [0.2, 0.25) is 0 Å². The van der Waals surface area contributed by atoms with Crippen LogP contribution in [0.25, 0.3) is 0 Å². The Morgan fingerprint density at radius 3 is 2.42 bits per heavy atom. The van der Waals surface area contributed by atoms with Crippen molar-refractivity contribution in [2.24, 2.45) is 0 Å². The number of benzene rings is 2. The van der Waals surface area contributed by atoms with E-state index in [0.29, 0.717) is 12.6 Å². The Balaban J connectivity index is 1.96. The Labute approximate surface area is 115 Å². The molecule has 100 valence electrons. The van der Waals surface area contributed by atoms with E-state index in [1.165, 1.54) is 11.1 Å². The predicted octanol–water partition coefficient (Wildman–Crippen LogP) is 3.59. The minimum absolute atomic E-state index is 0.299. The lowest BCUT2D eigenvalue weighted by atomic mass is 10.1. The molecule has 0 bridgehead atoms. The zero-order valence-corrected chi connectivity index (χ0v) is 11.6. The summed E-state index contributed by atoms with van der Waals surface area (Å²) >= 11 is 0. The van der Waals surface area contributed by atoms with Crippen molar-refractivity contribution in [1.82, 2.24) is 5.32 Å².